The second-order valence-corrected chi connectivity index (χ2v) is 3.89. The van der Waals surface area contributed by atoms with Gasteiger partial charge in [0.2, 0.25) is 0 Å². The van der Waals surface area contributed by atoms with E-state index < -0.39 is 0 Å². The van der Waals surface area contributed by atoms with Gasteiger partial charge in [-0.05, 0) is 31.5 Å². The van der Waals surface area contributed by atoms with Gasteiger partial charge in [0, 0.05) is 11.4 Å². The van der Waals surface area contributed by atoms with E-state index in [9.17, 15) is 0 Å². The summed E-state index contributed by atoms with van der Waals surface area (Å²) in [5.41, 5.74) is 0. The van der Waals surface area contributed by atoms with Gasteiger partial charge in [-0.1, -0.05) is 30.1 Å². The maximum atomic E-state index is 5.95. The highest BCUT2D eigenvalue weighted by atomic mass is 35.5. The zero-order chi connectivity index (χ0) is 10.6. The summed E-state index contributed by atoms with van der Waals surface area (Å²) < 4.78 is 5.59. The second kappa shape index (κ2) is 5.47. The first-order chi connectivity index (χ1) is 6.63. The summed E-state index contributed by atoms with van der Waals surface area (Å²) >= 11 is 11.7. The van der Waals surface area contributed by atoms with Crippen molar-refractivity contribution in [3.63, 3.8) is 0 Å². The fourth-order valence-electron chi connectivity index (χ4n) is 1.15. The third kappa shape index (κ3) is 3.39. The normalized spacial score (nSPS) is 12.6. The Labute approximate surface area is 95.0 Å². The van der Waals surface area contributed by atoms with Gasteiger partial charge in [0.1, 0.15) is 5.75 Å². The summed E-state index contributed by atoms with van der Waals surface area (Å²) in [4.78, 5) is 0. The average molecular weight is 232 g/mol. The van der Waals surface area contributed by atoms with Gasteiger partial charge >= 0.3 is 0 Å². The highest BCUT2D eigenvalue weighted by Crippen LogP contribution is 2.28. The number of ether oxygens (including phenoxy) is 1. The molecular weight excluding hydrogens is 219 g/mol. The van der Waals surface area contributed by atoms with Crippen molar-refractivity contribution < 1.29 is 4.74 Å². The van der Waals surface area contributed by atoms with E-state index in [1.54, 1.807) is 18.2 Å². The first-order valence-corrected chi connectivity index (χ1v) is 5.34. The van der Waals surface area contributed by atoms with Crippen molar-refractivity contribution in [2.75, 3.05) is 0 Å². The molecule has 0 fully saturated rings. The van der Waals surface area contributed by atoms with Crippen molar-refractivity contribution in [2.24, 2.45) is 0 Å². The van der Waals surface area contributed by atoms with Crippen LogP contribution in [0.15, 0.2) is 18.2 Å². The molecule has 14 heavy (non-hydrogen) atoms. The van der Waals surface area contributed by atoms with Crippen LogP contribution in [0.2, 0.25) is 10.0 Å². The van der Waals surface area contributed by atoms with E-state index in [2.05, 4.69) is 13.3 Å². The summed E-state index contributed by atoms with van der Waals surface area (Å²) in [6.07, 6.45) is 3.12. The van der Waals surface area contributed by atoms with E-state index >= 15 is 0 Å². The predicted molar refractivity (Wildman–Crippen MR) is 61.1 cm³/mol. The molecule has 1 rings (SSSR count). The molecule has 0 saturated heterocycles. The standard InChI is InChI=1S/C11H13Cl2O/c1-3-4-8(2)14-11-6-5-9(12)7-10(11)13/h4-8H,3H2,1-2H3. The maximum Gasteiger partial charge on any atom is 0.138 e. The third-order valence-corrected chi connectivity index (χ3v) is 2.30. The van der Waals surface area contributed by atoms with E-state index in [4.69, 9.17) is 27.9 Å². The number of rotatable bonds is 4. The molecule has 0 aliphatic rings. The van der Waals surface area contributed by atoms with Crippen molar-refractivity contribution in [3.05, 3.63) is 34.7 Å². The molecule has 0 saturated carbocycles. The quantitative estimate of drug-likeness (QED) is 0.748. The van der Waals surface area contributed by atoms with Gasteiger partial charge in [0.15, 0.2) is 0 Å². The molecule has 1 unspecified atom stereocenters. The Hall–Kier alpha value is -0.400. The number of benzene rings is 1. The molecule has 0 heterocycles. The van der Waals surface area contributed by atoms with Crippen LogP contribution < -0.4 is 4.74 Å². The summed E-state index contributed by atoms with van der Waals surface area (Å²) in [7, 11) is 0. The van der Waals surface area contributed by atoms with E-state index in [1.165, 1.54) is 0 Å². The molecule has 1 nitrogen and oxygen atoms in total. The topological polar surface area (TPSA) is 9.23 Å². The van der Waals surface area contributed by atoms with Gasteiger partial charge in [0.25, 0.3) is 0 Å². The molecule has 1 radical (unpaired) electrons. The summed E-state index contributed by atoms with van der Waals surface area (Å²) in [6.45, 7) is 4.05. The molecule has 3 heteroatoms. The number of hydrogen-bond acceptors (Lipinski definition) is 1. The lowest BCUT2D eigenvalue weighted by Gasteiger charge is -2.14. The van der Waals surface area contributed by atoms with Gasteiger partial charge in [-0.2, -0.15) is 0 Å². The van der Waals surface area contributed by atoms with Gasteiger partial charge in [-0.3, -0.25) is 0 Å². The molecule has 0 bridgehead atoms. The number of hydrogen-bond donors (Lipinski definition) is 0. The zero-order valence-corrected chi connectivity index (χ0v) is 9.77. The van der Waals surface area contributed by atoms with Gasteiger partial charge in [-0.15, -0.1) is 0 Å². The van der Waals surface area contributed by atoms with Crippen LogP contribution in [0.3, 0.4) is 0 Å². The molecule has 1 atom stereocenters. The Morgan fingerprint density at radius 2 is 2.14 bits per heavy atom. The van der Waals surface area contributed by atoms with E-state index in [1.807, 2.05) is 6.92 Å². The van der Waals surface area contributed by atoms with Crippen molar-refractivity contribution >= 4 is 23.2 Å². The maximum absolute atomic E-state index is 5.95. The summed E-state index contributed by atoms with van der Waals surface area (Å²) in [5.74, 6) is 0.674. The molecule has 1 aromatic carbocycles. The minimum atomic E-state index is 0.0682. The predicted octanol–water partition coefficient (Wildman–Crippen LogP) is 4.37. The average Bonchev–Trinajstić information content (AvgIpc) is 2.10. The van der Waals surface area contributed by atoms with Crippen LogP contribution in [0, 0.1) is 6.42 Å². The Bertz CT molecular complexity index is 299. The van der Waals surface area contributed by atoms with Crippen molar-refractivity contribution in [3.8, 4) is 5.75 Å². The first kappa shape index (κ1) is 11.7. The molecule has 77 valence electrons. The second-order valence-electron chi connectivity index (χ2n) is 3.04. The molecule has 1 aromatic rings. The molecule has 0 aromatic heterocycles. The van der Waals surface area contributed by atoms with Gasteiger partial charge < -0.3 is 4.74 Å². The van der Waals surface area contributed by atoms with Crippen molar-refractivity contribution in [2.45, 2.75) is 26.4 Å². The highest BCUT2D eigenvalue weighted by molar-refractivity contribution is 6.35. The van der Waals surface area contributed by atoms with E-state index in [0.717, 1.165) is 6.42 Å². The minimum absolute atomic E-state index is 0.0682. The molecule has 0 aliphatic carbocycles. The van der Waals surface area contributed by atoms with Crippen LogP contribution >= 0.6 is 23.2 Å². The minimum Gasteiger partial charge on any atom is -0.489 e. The highest BCUT2D eigenvalue weighted by Gasteiger charge is 2.06. The Kier molecular flexibility index (Phi) is 4.56. The fourth-order valence-corrected chi connectivity index (χ4v) is 1.60. The first-order valence-electron chi connectivity index (χ1n) is 4.58. The smallest absolute Gasteiger partial charge is 0.138 e. The molecule has 0 amide bonds. The largest absolute Gasteiger partial charge is 0.489 e. The summed E-state index contributed by atoms with van der Waals surface area (Å²) in [6, 6.07) is 5.23. The SMILES string of the molecule is CC[CH]C(C)Oc1ccc(Cl)cc1Cl. The van der Waals surface area contributed by atoms with Crippen molar-refractivity contribution in [1.82, 2.24) is 0 Å². The monoisotopic (exact) mass is 231 g/mol. The Morgan fingerprint density at radius 1 is 1.43 bits per heavy atom. The van der Waals surface area contributed by atoms with Gasteiger partial charge in [0.05, 0.1) is 11.1 Å². The number of halogens is 2. The Balaban J connectivity index is 2.67. The van der Waals surface area contributed by atoms with Crippen LogP contribution in [0.5, 0.6) is 5.75 Å². The molecular formula is C11H13Cl2O. The lowest BCUT2D eigenvalue weighted by atomic mass is 10.2. The molecule has 0 spiro atoms. The fraction of sp³-hybridized carbons (Fsp3) is 0.364. The van der Waals surface area contributed by atoms with Crippen LogP contribution in [0.25, 0.3) is 0 Å². The molecule has 0 aliphatic heterocycles. The van der Waals surface area contributed by atoms with Crippen LogP contribution in [-0.4, -0.2) is 6.10 Å². The lowest BCUT2D eigenvalue weighted by molar-refractivity contribution is 0.250. The lowest BCUT2D eigenvalue weighted by Crippen LogP contribution is -2.11. The molecule has 0 N–H and O–H groups in total. The van der Waals surface area contributed by atoms with E-state index in [0.29, 0.717) is 15.8 Å². The van der Waals surface area contributed by atoms with Crippen molar-refractivity contribution in [1.29, 1.82) is 0 Å². The zero-order valence-electron chi connectivity index (χ0n) is 8.26. The van der Waals surface area contributed by atoms with Crippen LogP contribution in [0.4, 0.5) is 0 Å². The Morgan fingerprint density at radius 3 is 2.71 bits per heavy atom. The third-order valence-electron chi connectivity index (χ3n) is 1.77. The van der Waals surface area contributed by atoms with Crippen LogP contribution in [0.1, 0.15) is 20.3 Å². The van der Waals surface area contributed by atoms with Crippen LogP contribution in [-0.2, 0) is 0 Å². The van der Waals surface area contributed by atoms with E-state index in [-0.39, 0.29) is 6.10 Å². The van der Waals surface area contributed by atoms with Gasteiger partial charge in [-0.25, -0.2) is 0 Å². The summed E-state index contributed by atoms with van der Waals surface area (Å²) in [5, 5.41) is 1.17.